The number of carbonyl (C=O) groups excluding carboxylic acids is 1. The zero-order valence-corrected chi connectivity index (χ0v) is 11.1. The lowest BCUT2D eigenvalue weighted by atomic mass is 10.1. The van der Waals surface area contributed by atoms with E-state index in [-0.39, 0.29) is 11.7 Å². The molecule has 0 aliphatic heterocycles. The number of aromatic hydroxyl groups is 1. The molecule has 17 heavy (non-hydrogen) atoms. The topological polar surface area (TPSA) is 49.3 Å². The molecule has 2 N–H and O–H groups in total. The highest BCUT2D eigenvalue weighted by Crippen LogP contribution is 2.17. The monoisotopic (exact) mass is 253 g/mol. The van der Waals surface area contributed by atoms with E-state index in [1.54, 1.807) is 19.1 Å². The zero-order valence-electron chi connectivity index (χ0n) is 10.3. The minimum atomic E-state index is -0.123. The number of nitrogens with one attached hydrogen (secondary N) is 1. The van der Waals surface area contributed by atoms with Gasteiger partial charge in [0.1, 0.15) is 5.75 Å². The predicted octanol–water partition coefficient (Wildman–Crippen LogP) is 2.57. The number of benzene rings is 1. The molecule has 1 aromatic rings. The highest BCUT2D eigenvalue weighted by atomic mass is 32.2. The van der Waals surface area contributed by atoms with Crippen LogP contribution in [0, 0.1) is 6.92 Å². The summed E-state index contributed by atoms with van der Waals surface area (Å²) in [5, 5.41) is 12.3. The van der Waals surface area contributed by atoms with E-state index < -0.39 is 0 Å². The van der Waals surface area contributed by atoms with E-state index >= 15 is 0 Å². The van der Waals surface area contributed by atoms with Crippen LogP contribution >= 0.6 is 11.8 Å². The van der Waals surface area contributed by atoms with Gasteiger partial charge < -0.3 is 10.4 Å². The second-order valence-corrected chi connectivity index (χ2v) is 5.20. The Hall–Kier alpha value is -1.16. The average Bonchev–Trinajstić information content (AvgIpc) is 2.32. The number of hydrogen-bond acceptors (Lipinski definition) is 3. The van der Waals surface area contributed by atoms with Gasteiger partial charge in [-0.3, -0.25) is 4.79 Å². The van der Waals surface area contributed by atoms with Crippen molar-refractivity contribution in [3.8, 4) is 5.75 Å². The summed E-state index contributed by atoms with van der Waals surface area (Å²) in [6.45, 7) is 4.61. The smallest absolute Gasteiger partial charge is 0.251 e. The third kappa shape index (κ3) is 4.69. The molecule has 0 atom stereocenters. The van der Waals surface area contributed by atoms with Crippen molar-refractivity contribution in [3.63, 3.8) is 0 Å². The lowest BCUT2D eigenvalue weighted by Gasteiger charge is -2.06. The zero-order chi connectivity index (χ0) is 12.7. The van der Waals surface area contributed by atoms with Gasteiger partial charge in [-0.05, 0) is 42.5 Å². The number of hydrogen-bond donors (Lipinski definition) is 2. The van der Waals surface area contributed by atoms with Gasteiger partial charge in [-0.2, -0.15) is 11.8 Å². The number of phenolic OH excluding ortho intramolecular Hbond substituents is 1. The Morgan fingerprint density at radius 3 is 2.88 bits per heavy atom. The van der Waals surface area contributed by atoms with Gasteiger partial charge in [-0.15, -0.1) is 0 Å². The highest BCUT2D eigenvalue weighted by Gasteiger charge is 2.06. The number of phenols is 1. The molecule has 0 unspecified atom stereocenters. The van der Waals surface area contributed by atoms with Crippen LogP contribution in [-0.4, -0.2) is 29.1 Å². The van der Waals surface area contributed by atoms with Gasteiger partial charge in [0.25, 0.3) is 5.91 Å². The van der Waals surface area contributed by atoms with E-state index in [1.807, 2.05) is 11.8 Å². The second kappa shape index (κ2) is 7.22. The lowest BCUT2D eigenvalue weighted by molar-refractivity contribution is 0.0953. The molecule has 0 fully saturated rings. The Morgan fingerprint density at radius 1 is 1.47 bits per heavy atom. The summed E-state index contributed by atoms with van der Waals surface area (Å²) in [6.07, 6.45) is 0.974. The summed E-state index contributed by atoms with van der Waals surface area (Å²) in [5.41, 5.74) is 1.29. The Balaban J connectivity index is 2.39. The molecule has 1 rings (SSSR count). The second-order valence-electron chi connectivity index (χ2n) is 3.81. The molecule has 1 amide bonds. The summed E-state index contributed by atoms with van der Waals surface area (Å²) >= 11 is 1.87. The molecule has 0 spiro atoms. The molecular formula is C13H19NO2S. The van der Waals surface area contributed by atoms with Gasteiger partial charge in [0, 0.05) is 12.1 Å². The van der Waals surface area contributed by atoms with Gasteiger partial charge >= 0.3 is 0 Å². The summed E-state index contributed by atoms with van der Waals surface area (Å²) in [7, 11) is 0. The molecule has 0 bridgehead atoms. The van der Waals surface area contributed by atoms with Crippen LogP contribution in [0.5, 0.6) is 5.75 Å². The number of carbonyl (C=O) groups is 1. The largest absolute Gasteiger partial charge is 0.508 e. The maximum absolute atomic E-state index is 11.7. The molecule has 0 radical (unpaired) electrons. The molecule has 0 aliphatic carbocycles. The quantitative estimate of drug-likeness (QED) is 0.766. The molecule has 0 heterocycles. The SMILES string of the molecule is CCSCCCNC(=O)c1ccc(C)c(O)c1. The first-order chi connectivity index (χ1) is 8.15. The Morgan fingerprint density at radius 2 is 2.24 bits per heavy atom. The van der Waals surface area contributed by atoms with E-state index in [0.29, 0.717) is 12.1 Å². The molecule has 0 saturated heterocycles. The molecular weight excluding hydrogens is 234 g/mol. The minimum Gasteiger partial charge on any atom is -0.508 e. The minimum absolute atomic E-state index is 0.123. The van der Waals surface area contributed by atoms with Crippen LogP contribution in [0.4, 0.5) is 0 Å². The summed E-state index contributed by atoms with van der Waals surface area (Å²) in [5.74, 6) is 2.22. The fraction of sp³-hybridized carbons (Fsp3) is 0.462. The number of thioether (sulfide) groups is 1. The van der Waals surface area contributed by atoms with E-state index in [1.165, 1.54) is 6.07 Å². The predicted molar refractivity (Wildman–Crippen MR) is 72.8 cm³/mol. The van der Waals surface area contributed by atoms with Crippen LogP contribution in [0.3, 0.4) is 0 Å². The third-order valence-corrected chi connectivity index (χ3v) is 3.41. The van der Waals surface area contributed by atoms with Crippen molar-refractivity contribution in [3.05, 3.63) is 29.3 Å². The van der Waals surface area contributed by atoms with Crippen LogP contribution in [-0.2, 0) is 0 Å². The van der Waals surface area contributed by atoms with E-state index in [2.05, 4.69) is 12.2 Å². The Kier molecular flexibility index (Phi) is 5.91. The molecule has 1 aromatic carbocycles. The highest BCUT2D eigenvalue weighted by molar-refractivity contribution is 7.99. The van der Waals surface area contributed by atoms with Crippen LogP contribution in [0.25, 0.3) is 0 Å². The summed E-state index contributed by atoms with van der Waals surface area (Å²) in [6, 6.07) is 4.98. The molecule has 4 heteroatoms. The van der Waals surface area contributed by atoms with Crippen molar-refractivity contribution in [2.45, 2.75) is 20.3 Å². The molecule has 3 nitrogen and oxygen atoms in total. The van der Waals surface area contributed by atoms with E-state index in [4.69, 9.17) is 0 Å². The number of amides is 1. The normalized spacial score (nSPS) is 10.2. The van der Waals surface area contributed by atoms with E-state index in [0.717, 1.165) is 23.5 Å². The lowest BCUT2D eigenvalue weighted by Crippen LogP contribution is -2.24. The van der Waals surface area contributed by atoms with Crippen molar-refractivity contribution >= 4 is 17.7 Å². The first-order valence-corrected chi connectivity index (χ1v) is 6.96. The summed E-state index contributed by atoms with van der Waals surface area (Å²) in [4.78, 5) is 11.7. The maximum Gasteiger partial charge on any atom is 0.251 e. The van der Waals surface area contributed by atoms with Crippen molar-refractivity contribution in [2.75, 3.05) is 18.1 Å². The van der Waals surface area contributed by atoms with Crippen LogP contribution in [0.2, 0.25) is 0 Å². The molecule has 0 saturated carbocycles. The third-order valence-electron chi connectivity index (χ3n) is 2.43. The fourth-order valence-corrected chi connectivity index (χ4v) is 2.01. The van der Waals surface area contributed by atoms with Crippen molar-refractivity contribution in [2.24, 2.45) is 0 Å². The Labute approximate surface area is 107 Å². The number of rotatable bonds is 6. The molecule has 0 aliphatic rings. The van der Waals surface area contributed by atoms with Crippen LogP contribution in [0.1, 0.15) is 29.3 Å². The molecule has 0 aromatic heterocycles. The van der Waals surface area contributed by atoms with Crippen molar-refractivity contribution < 1.29 is 9.90 Å². The first kappa shape index (κ1) is 13.9. The van der Waals surface area contributed by atoms with Crippen molar-refractivity contribution in [1.82, 2.24) is 5.32 Å². The Bertz CT molecular complexity index is 380. The fourth-order valence-electron chi connectivity index (χ4n) is 1.37. The van der Waals surface area contributed by atoms with Gasteiger partial charge in [0.05, 0.1) is 0 Å². The van der Waals surface area contributed by atoms with Gasteiger partial charge in [0.15, 0.2) is 0 Å². The van der Waals surface area contributed by atoms with Crippen LogP contribution < -0.4 is 5.32 Å². The average molecular weight is 253 g/mol. The standard InChI is InChI=1S/C13H19NO2S/c1-3-17-8-4-7-14-13(16)11-6-5-10(2)12(15)9-11/h5-6,9,15H,3-4,7-8H2,1-2H3,(H,14,16). The molecule has 94 valence electrons. The first-order valence-electron chi connectivity index (χ1n) is 5.80. The van der Waals surface area contributed by atoms with Gasteiger partial charge in [0.2, 0.25) is 0 Å². The number of aryl methyl sites for hydroxylation is 1. The van der Waals surface area contributed by atoms with Gasteiger partial charge in [-0.1, -0.05) is 13.0 Å². The van der Waals surface area contributed by atoms with E-state index in [9.17, 15) is 9.90 Å². The summed E-state index contributed by atoms with van der Waals surface area (Å²) < 4.78 is 0. The maximum atomic E-state index is 11.7. The van der Waals surface area contributed by atoms with Crippen LogP contribution in [0.15, 0.2) is 18.2 Å². The van der Waals surface area contributed by atoms with Gasteiger partial charge in [-0.25, -0.2) is 0 Å². The van der Waals surface area contributed by atoms with Crippen molar-refractivity contribution in [1.29, 1.82) is 0 Å².